The summed E-state index contributed by atoms with van der Waals surface area (Å²) in [7, 11) is -3.95. The Balaban J connectivity index is 1.79. The maximum atomic E-state index is 12.8. The summed E-state index contributed by atoms with van der Waals surface area (Å²) in [6.07, 6.45) is 2.97. The fourth-order valence-corrected chi connectivity index (χ4v) is 4.33. The number of hydrogen-bond acceptors (Lipinski definition) is 7. The standard InChI is InChI=1S/C14H14ClN5O4S/c15-13-9-16-10-14(17-13)18-5-7-19(8-6-18)25(23,24)12-4-2-1-3-11(12)20(21)22/h1-4,9-10H,5-8H2. The summed E-state index contributed by atoms with van der Waals surface area (Å²) in [6, 6.07) is 5.34. The average molecular weight is 384 g/mol. The first-order valence-corrected chi connectivity index (χ1v) is 9.17. The van der Waals surface area contributed by atoms with Crippen molar-refractivity contribution in [3.63, 3.8) is 0 Å². The Labute approximate surface area is 149 Å². The Morgan fingerprint density at radius 2 is 1.80 bits per heavy atom. The minimum atomic E-state index is -3.95. The van der Waals surface area contributed by atoms with E-state index in [2.05, 4.69) is 9.97 Å². The molecule has 1 saturated heterocycles. The van der Waals surface area contributed by atoms with E-state index >= 15 is 0 Å². The van der Waals surface area contributed by atoms with E-state index in [-0.39, 0.29) is 23.1 Å². The number of anilines is 1. The van der Waals surface area contributed by atoms with Crippen molar-refractivity contribution in [2.24, 2.45) is 0 Å². The van der Waals surface area contributed by atoms with Gasteiger partial charge in [0.15, 0.2) is 4.90 Å². The number of nitro groups is 1. The SMILES string of the molecule is O=[N+]([O-])c1ccccc1S(=O)(=O)N1CCN(c2cncc(Cl)n2)CC1. The second-order valence-electron chi connectivity index (χ2n) is 5.32. The first-order valence-electron chi connectivity index (χ1n) is 7.35. The monoisotopic (exact) mass is 383 g/mol. The number of halogens is 1. The molecule has 0 atom stereocenters. The molecule has 0 amide bonds. The van der Waals surface area contributed by atoms with Gasteiger partial charge in [0.05, 0.1) is 17.3 Å². The zero-order chi connectivity index (χ0) is 18.0. The lowest BCUT2D eigenvalue weighted by molar-refractivity contribution is -0.387. The minimum absolute atomic E-state index is 0.183. The molecule has 2 heterocycles. The van der Waals surface area contributed by atoms with Gasteiger partial charge in [-0.1, -0.05) is 23.7 Å². The number of rotatable bonds is 4. The summed E-state index contributed by atoms with van der Waals surface area (Å²) >= 11 is 5.82. The molecule has 25 heavy (non-hydrogen) atoms. The molecule has 1 fully saturated rings. The van der Waals surface area contributed by atoms with Crippen molar-refractivity contribution in [2.45, 2.75) is 4.90 Å². The molecule has 3 rings (SSSR count). The molecule has 9 nitrogen and oxygen atoms in total. The quantitative estimate of drug-likeness (QED) is 0.581. The van der Waals surface area contributed by atoms with Gasteiger partial charge in [-0.15, -0.1) is 0 Å². The second kappa shape index (κ2) is 6.90. The van der Waals surface area contributed by atoms with Crippen molar-refractivity contribution in [1.29, 1.82) is 0 Å². The third-order valence-corrected chi connectivity index (χ3v) is 5.96. The first-order chi connectivity index (χ1) is 11.9. The van der Waals surface area contributed by atoms with Crippen molar-refractivity contribution in [2.75, 3.05) is 31.1 Å². The highest BCUT2D eigenvalue weighted by molar-refractivity contribution is 7.89. The predicted octanol–water partition coefficient (Wildman–Crippen LogP) is 1.55. The van der Waals surface area contributed by atoms with E-state index in [1.807, 2.05) is 4.90 Å². The van der Waals surface area contributed by atoms with Crippen molar-refractivity contribution >= 4 is 33.1 Å². The number of piperazine rings is 1. The topological polar surface area (TPSA) is 110 Å². The Bertz CT molecular complexity index is 900. The molecule has 0 aliphatic carbocycles. The molecule has 0 spiro atoms. The van der Waals surface area contributed by atoms with Crippen LogP contribution in [0.5, 0.6) is 0 Å². The third-order valence-electron chi connectivity index (χ3n) is 3.83. The Hall–Kier alpha value is -2.30. The highest BCUT2D eigenvalue weighted by Gasteiger charge is 2.33. The van der Waals surface area contributed by atoms with Crippen molar-refractivity contribution in [1.82, 2.24) is 14.3 Å². The number of benzene rings is 1. The maximum Gasteiger partial charge on any atom is 0.289 e. The zero-order valence-electron chi connectivity index (χ0n) is 12.9. The fraction of sp³-hybridized carbons (Fsp3) is 0.286. The van der Waals surface area contributed by atoms with Crippen LogP contribution in [0.25, 0.3) is 0 Å². The lowest BCUT2D eigenvalue weighted by Gasteiger charge is -2.34. The Morgan fingerprint density at radius 3 is 2.44 bits per heavy atom. The van der Waals surface area contributed by atoms with E-state index in [4.69, 9.17) is 11.6 Å². The van der Waals surface area contributed by atoms with Gasteiger partial charge in [-0.25, -0.2) is 13.4 Å². The average Bonchev–Trinajstić information content (AvgIpc) is 2.62. The van der Waals surface area contributed by atoms with Gasteiger partial charge in [0.1, 0.15) is 11.0 Å². The molecule has 132 valence electrons. The van der Waals surface area contributed by atoms with Crippen LogP contribution in [0.4, 0.5) is 11.5 Å². The van der Waals surface area contributed by atoms with E-state index in [0.717, 1.165) is 0 Å². The molecule has 2 aromatic rings. The number of nitro benzene ring substituents is 1. The molecule has 1 aromatic carbocycles. The maximum absolute atomic E-state index is 12.8. The lowest BCUT2D eigenvalue weighted by Crippen LogP contribution is -2.49. The van der Waals surface area contributed by atoms with Crippen LogP contribution < -0.4 is 4.90 Å². The van der Waals surface area contributed by atoms with E-state index in [1.165, 1.54) is 34.8 Å². The van der Waals surface area contributed by atoms with E-state index in [9.17, 15) is 18.5 Å². The van der Waals surface area contributed by atoms with E-state index < -0.39 is 20.6 Å². The predicted molar refractivity (Wildman–Crippen MR) is 91.1 cm³/mol. The van der Waals surface area contributed by atoms with Crippen LogP contribution in [-0.2, 0) is 10.0 Å². The fourth-order valence-electron chi connectivity index (χ4n) is 2.61. The summed E-state index contributed by atoms with van der Waals surface area (Å²) in [5.74, 6) is 0.565. The number of nitrogens with zero attached hydrogens (tertiary/aromatic N) is 5. The summed E-state index contributed by atoms with van der Waals surface area (Å²) < 4.78 is 26.8. The number of hydrogen-bond donors (Lipinski definition) is 0. The molecule has 0 saturated carbocycles. The molecule has 0 bridgehead atoms. The third kappa shape index (κ3) is 3.55. The summed E-state index contributed by atoms with van der Waals surface area (Å²) in [5, 5.41) is 11.4. The number of sulfonamides is 1. The molecule has 0 N–H and O–H groups in total. The lowest BCUT2D eigenvalue weighted by atomic mass is 10.3. The zero-order valence-corrected chi connectivity index (χ0v) is 14.5. The molecule has 0 unspecified atom stereocenters. The van der Waals surface area contributed by atoms with Crippen molar-refractivity contribution < 1.29 is 13.3 Å². The smallest absolute Gasteiger partial charge is 0.289 e. The summed E-state index contributed by atoms with van der Waals surface area (Å²) in [5.41, 5.74) is -0.425. The Kier molecular flexibility index (Phi) is 4.84. The van der Waals surface area contributed by atoms with Gasteiger partial charge < -0.3 is 4.90 Å². The van der Waals surface area contributed by atoms with Gasteiger partial charge in [-0.2, -0.15) is 4.31 Å². The summed E-state index contributed by atoms with van der Waals surface area (Å²) in [6.45, 7) is 1.13. The van der Waals surface area contributed by atoms with Crippen LogP contribution in [0.1, 0.15) is 0 Å². The number of aromatic nitrogens is 2. The van der Waals surface area contributed by atoms with Gasteiger partial charge in [0.25, 0.3) is 5.69 Å². The van der Waals surface area contributed by atoms with Crippen LogP contribution >= 0.6 is 11.6 Å². The highest BCUT2D eigenvalue weighted by atomic mass is 35.5. The van der Waals surface area contributed by atoms with Gasteiger partial charge in [0.2, 0.25) is 10.0 Å². The summed E-state index contributed by atoms with van der Waals surface area (Å²) in [4.78, 5) is 20.1. The molecule has 1 aromatic heterocycles. The second-order valence-corrected chi connectivity index (χ2v) is 7.61. The van der Waals surface area contributed by atoms with E-state index in [1.54, 1.807) is 6.20 Å². The first kappa shape index (κ1) is 17.5. The van der Waals surface area contributed by atoms with Gasteiger partial charge in [-0.05, 0) is 6.07 Å². The minimum Gasteiger partial charge on any atom is -0.353 e. The van der Waals surface area contributed by atoms with Crippen LogP contribution in [-0.4, -0.2) is 53.8 Å². The molecular formula is C14H14ClN5O4S. The van der Waals surface area contributed by atoms with Crippen molar-refractivity contribution in [3.05, 3.63) is 51.9 Å². The van der Waals surface area contributed by atoms with Crippen LogP contribution in [0.3, 0.4) is 0 Å². The van der Waals surface area contributed by atoms with Crippen LogP contribution in [0, 0.1) is 10.1 Å². The van der Waals surface area contributed by atoms with Gasteiger partial charge in [-0.3, -0.25) is 15.1 Å². The normalized spacial score (nSPS) is 16.0. The van der Waals surface area contributed by atoms with Crippen molar-refractivity contribution in [3.8, 4) is 0 Å². The van der Waals surface area contributed by atoms with Gasteiger partial charge in [0, 0.05) is 32.2 Å². The molecule has 11 heteroatoms. The molecule has 0 radical (unpaired) electrons. The molecular weight excluding hydrogens is 370 g/mol. The highest BCUT2D eigenvalue weighted by Crippen LogP contribution is 2.27. The molecule has 1 aliphatic heterocycles. The Morgan fingerprint density at radius 1 is 1.12 bits per heavy atom. The van der Waals surface area contributed by atoms with Crippen LogP contribution in [0.2, 0.25) is 5.15 Å². The number of para-hydroxylation sites is 1. The van der Waals surface area contributed by atoms with Crippen LogP contribution in [0.15, 0.2) is 41.6 Å². The van der Waals surface area contributed by atoms with Gasteiger partial charge >= 0.3 is 0 Å². The largest absolute Gasteiger partial charge is 0.353 e. The molecule has 1 aliphatic rings. The van der Waals surface area contributed by atoms with E-state index in [0.29, 0.717) is 18.9 Å².